The van der Waals surface area contributed by atoms with Gasteiger partial charge >= 0.3 is 0 Å². The third kappa shape index (κ3) is 3.06. The first-order valence-electron chi connectivity index (χ1n) is 8.41. The highest BCUT2D eigenvalue weighted by atomic mass is 16.3. The van der Waals surface area contributed by atoms with Gasteiger partial charge in [0.05, 0.1) is 11.3 Å². The molecule has 0 saturated carbocycles. The molecule has 0 saturated heterocycles. The lowest BCUT2D eigenvalue weighted by Gasteiger charge is -2.27. The molecule has 1 heterocycles. The summed E-state index contributed by atoms with van der Waals surface area (Å²) in [4.78, 5) is 1.66. The van der Waals surface area contributed by atoms with Crippen LogP contribution in [0, 0.1) is 0 Å². The van der Waals surface area contributed by atoms with Crippen molar-refractivity contribution in [3.63, 3.8) is 0 Å². The molecule has 3 aromatic rings. The summed E-state index contributed by atoms with van der Waals surface area (Å²) in [7, 11) is 0. The summed E-state index contributed by atoms with van der Waals surface area (Å²) in [6.07, 6.45) is 0.647. The van der Waals surface area contributed by atoms with Crippen molar-refractivity contribution >= 4 is 11.0 Å². The summed E-state index contributed by atoms with van der Waals surface area (Å²) in [5.74, 6) is 0. The fourth-order valence-electron chi connectivity index (χ4n) is 2.65. The highest BCUT2D eigenvalue weighted by Gasteiger charge is 2.25. The van der Waals surface area contributed by atoms with Crippen LogP contribution in [0.25, 0.3) is 16.7 Å². The first-order valence-corrected chi connectivity index (χ1v) is 8.41. The van der Waals surface area contributed by atoms with Gasteiger partial charge in [-0.05, 0) is 54.2 Å². The van der Waals surface area contributed by atoms with Gasteiger partial charge in [0.15, 0.2) is 0 Å². The molecule has 1 atom stereocenters. The second-order valence-electron chi connectivity index (χ2n) is 7.62. The summed E-state index contributed by atoms with van der Waals surface area (Å²) >= 11 is 0. The van der Waals surface area contributed by atoms with Gasteiger partial charge in [0.2, 0.25) is 0 Å². The van der Waals surface area contributed by atoms with Crippen molar-refractivity contribution in [2.24, 2.45) is 0 Å². The zero-order valence-corrected chi connectivity index (χ0v) is 15.0. The van der Waals surface area contributed by atoms with Gasteiger partial charge in [-0.3, -0.25) is 0 Å². The molecule has 126 valence electrons. The predicted molar refractivity (Wildman–Crippen MR) is 97.4 cm³/mol. The molecule has 0 bridgehead atoms. The van der Waals surface area contributed by atoms with Gasteiger partial charge in [0.25, 0.3) is 0 Å². The molecule has 0 aliphatic carbocycles. The minimum atomic E-state index is -0.872. The van der Waals surface area contributed by atoms with Crippen LogP contribution in [0.4, 0.5) is 0 Å². The Bertz CT molecular complexity index is 839. The average molecular weight is 323 g/mol. The van der Waals surface area contributed by atoms with Crippen molar-refractivity contribution in [3.8, 4) is 5.69 Å². The molecule has 0 aliphatic heterocycles. The van der Waals surface area contributed by atoms with Crippen LogP contribution in [0.2, 0.25) is 0 Å². The number of aromatic nitrogens is 3. The normalized spacial score (nSPS) is 14.8. The van der Waals surface area contributed by atoms with Crippen molar-refractivity contribution in [2.45, 2.75) is 52.1 Å². The highest BCUT2D eigenvalue weighted by Crippen LogP contribution is 2.32. The van der Waals surface area contributed by atoms with Crippen LogP contribution in [0.1, 0.15) is 52.2 Å². The minimum Gasteiger partial charge on any atom is -0.385 e. The molecule has 1 N–H and O–H groups in total. The summed E-state index contributed by atoms with van der Waals surface area (Å²) in [6, 6.07) is 14.0. The topological polar surface area (TPSA) is 50.9 Å². The van der Waals surface area contributed by atoms with Gasteiger partial charge in [-0.15, -0.1) is 10.2 Å². The Balaban J connectivity index is 2.21. The molecule has 24 heavy (non-hydrogen) atoms. The largest absolute Gasteiger partial charge is 0.385 e. The van der Waals surface area contributed by atoms with Gasteiger partial charge in [0.1, 0.15) is 11.0 Å². The molecule has 2 aromatic carbocycles. The lowest BCUT2D eigenvalue weighted by atomic mass is 9.82. The lowest BCUT2D eigenvalue weighted by Crippen LogP contribution is -2.22. The summed E-state index contributed by atoms with van der Waals surface area (Å²) in [5.41, 5.74) is 3.76. The highest BCUT2D eigenvalue weighted by molar-refractivity contribution is 5.73. The van der Waals surface area contributed by atoms with E-state index in [1.165, 1.54) is 0 Å². The number of aliphatic hydroxyl groups is 1. The Morgan fingerprint density at radius 3 is 1.96 bits per heavy atom. The van der Waals surface area contributed by atoms with E-state index in [9.17, 15) is 5.11 Å². The predicted octanol–water partition coefficient (Wildman–Crippen LogP) is 4.34. The second-order valence-corrected chi connectivity index (χ2v) is 7.62. The van der Waals surface area contributed by atoms with E-state index in [-0.39, 0.29) is 5.41 Å². The van der Waals surface area contributed by atoms with Crippen LogP contribution in [-0.2, 0) is 11.0 Å². The quantitative estimate of drug-likeness (QED) is 0.780. The summed E-state index contributed by atoms with van der Waals surface area (Å²) in [6.45, 7) is 10.4. The first kappa shape index (κ1) is 16.7. The molecule has 3 rings (SSSR count). The van der Waals surface area contributed by atoms with Crippen LogP contribution >= 0.6 is 0 Å². The number of nitrogens with zero attached hydrogens (tertiary/aromatic N) is 3. The Kier molecular flexibility index (Phi) is 3.96. The zero-order valence-electron chi connectivity index (χ0n) is 15.0. The Labute approximate surface area is 143 Å². The van der Waals surface area contributed by atoms with Gasteiger partial charge in [-0.25, -0.2) is 0 Å². The van der Waals surface area contributed by atoms with E-state index in [1.807, 2.05) is 44.2 Å². The van der Waals surface area contributed by atoms with Gasteiger partial charge < -0.3 is 5.11 Å². The molecule has 1 unspecified atom stereocenters. The maximum Gasteiger partial charge on any atom is 0.113 e. The number of rotatable bonds is 3. The lowest BCUT2D eigenvalue weighted by molar-refractivity contribution is 0.0529. The molecule has 1 aromatic heterocycles. The molecule has 4 heteroatoms. The van der Waals surface area contributed by atoms with Crippen molar-refractivity contribution in [3.05, 3.63) is 53.6 Å². The maximum absolute atomic E-state index is 10.7. The maximum atomic E-state index is 10.7. The van der Waals surface area contributed by atoms with Crippen molar-refractivity contribution < 1.29 is 5.11 Å². The van der Waals surface area contributed by atoms with Crippen LogP contribution in [0.3, 0.4) is 0 Å². The van der Waals surface area contributed by atoms with Crippen LogP contribution in [0.15, 0.2) is 42.5 Å². The second kappa shape index (κ2) is 5.71. The SMILES string of the molecule is CCC(C)(O)c1cc(-n2nc3ccccc3n2)cc(C(C)(C)C)c1. The first-order chi connectivity index (χ1) is 11.2. The number of fused-ring (bicyclic) bond motifs is 1. The Morgan fingerprint density at radius 1 is 0.917 bits per heavy atom. The van der Waals surface area contributed by atoms with E-state index in [2.05, 4.69) is 43.1 Å². The summed E-state index contributed by atoms with van der Waals surface area (Å²) < 4.78 is 0. The van der Waals surface area contributed by atoms with Gasteiger partial charge in [-0.2, -0.15) is 4.80 Å². The smallest absolute Gasteiger partial charge is 0.113 e. The molecule has 0 fully saturated rings. The van der Waals surface area contributed by atoms with E-state index in [1.54, 1.807) is 4.80 Å². The molecular formula is C20H25N3O. The minimum absolute atomic E-state index is 0.0266. The standard InChI is InChI=1S/C20H25N3O/c1-6-20(5,24)15-11-14(19(2,3)4)12-16(13-15)23-21-17-9-7-8-10-18(17)22-23/h7-13,24H,6H2,1-5H3. The summed E-state index contributed by atoms with van der Waals surface area (Å²) in [5, 5.41) is 19.9. The molecular weight excluding hydrogens is 298 g/mol. The van der Waals surface area contributed by atoms with E-state index in [4.69, 9.17) is 0 Å². The third-order valence-electron chi connectivity index (χ3n) is 4.61. The van der Waals surface area contributed by atoms with Crippen LogP contribution in [-0.4, -0.2) is 20.1 Å². The molecule has 4 nitrogen and oxygen atoms in total. The van der Waals surface area contributed by atoms with E-state index < -0.39 is 5.60 Å². The van der Waals surface area contributed by atoms with E-state index >= 15 is 0 Å². The molecule has 0 amide bonds. The Hall–Kier alpha value is -2.20. The Morgan fingerprint density at radius 2 is 1.46 bits per heavy atom. The van der Waals surface area contributed by atoms with Crippen LogP contribution < -0.4 is 0 Å². The van der Waals surface area contributed by atoms with Crippen molar-refractivity contribution in [2.75, 3.05) is 0 Å². The number of benzene rings is 2. The molecule has 0 aliphatic rings. The fourth-order valence-corrected chi connectivity index (χ4v) is 2.65. The van der Waals surface area contributed by atoms with Crippen molar-refractivity contribution in [1.29, 1.82) is 0 Å². The van der Waals surface area contributed by atoms with Crippen LogP contribution in [0.5, 0.6) is 0 Å². The van der Waals surface area contributed by atoms with E-state index in [0.29, 0.717) is 6.42 Å². The monoisotopic (exact) mass is 323 g/mol. The number of hydrogen-bond acceptors (Lipinski definition) is 3. The molecule has 0 spiro atoms. The van der Waals surface area contributed by atoms with Crippen molar-refractivity contribution in [1.82, 2.24) is 15.0 Å². The fraction of sp³-hybridized carbons (Fsp3) is 0.400. The van der Waals surface area contributed by atoms with E-state index in [0.717, 1.165) is 27.8 Å². The molecule has 0 radical (unpaired) electrons. The number of hydrogen-bond donors (Lipinski definition) is 1. The van der Waals surface area contributed by atoms with Gasteiger partial charge in [0, 0.05) is 0 Å². The third-order valence-corrected chi connectivity index (χ3v) is 4.61. The van der Waals surface area contributed by atoms with Gasteiger partial charge in [-0.1, -0.05) is 45.9 Å². The zero-order chi connectivity index (χ0) is 17.5. The average Bonchev–Trinajstić information content (AvgIpc) is 2.97.